The number of rotatable bonds is 3. The van der Waals surface area contributed by atoms with Crippen LogP contribution < -0.4 is 4.74 Å². The maximum absolute atomic E-state index is 5.96. The summed E-state index contributed by atoms with van der Waals surface area (Å²) < 4.78 is 11.2. The van der Waals surface area contributed by atoms with Crippen molar-refractivity contribution in [3.63, 3.8) is 0 Å². The van der Waals surface area contributed by atoms with Crippen LogP contribution in [-0.2, 0) is 0 Å². The summed E-state index contributed by atoms with van der Waals surface area (Å²) in [6, 6.07) is 26.6. The quantitative estimate of drug-likeness (QED) is 0.479. The summed E-state index contributed by atoms with van der Waals surface area (Å²) in [7, 11) is 1.68. The molecule has 0 N–H and O–H groups in total. The molecule has 2 heteroatoms. The number of furan rings is 1. The first-order chi connectivity index (χ1) is 11.3. The Morgan fingerprint density at radius 2 is 1.43 bits per heavy atom. The van der Waals surface area contributed by atoms with E-state index in [2.05, 4.69) is 42.5 Å². The van der Waals surface area contributed by atoms with Crippen LogP contribution in [0.4, 0.5) is 0 Å². The molecule has 0 aliphatic carbocycles. The zero-order valence-electron chi connectivity index (χ0n) is 12.8. The fourth-order valence-electron chi connectivity index (χ4n) is 2.75. The molecule has 0 saturated heterocycles. The minimum absolute atomic E-state index is 0.865. The van der Waals surface area contributed by atoms with Gasteiger partial charge in [0.25, 0.3) is 0 Å². The van der Waals surface area contributed by atoms with Crippen LogP contribution in [0, 0.1) is 0 Å². The van der Waals surface area contributed by atoms with E-state index in [1.165, 1.54) is 5.56 Å². The van der Waals surface area contributed by atoms with Crippen LogP contribution in [0.2, 0.25) is 0 Å². The molecule has 1 heterocycles. The summed E-state index contributed by atoms with van der Waals surface area (Å²) >= 11 is 0. The van der Waals surface area contributed by atoms with Gasteiger partial charge in [0.05, 0.1) is 7.11 Å². The largest absolute Gasteiger partial charge is 0.497 e. The third kappa shape index (κ3) is 2.59. The van der Waals surface area contributed by atoms with Gasteiger partial charge in [0.2, 0.25) is 0 Å². The Morgan fingerprint density at radius 1 is 0.696 bits per heavy atom. The predicted octanol–water partition coefficient (Wildman–Crippen LogP) is 5.78. The highest BCUT2D eigenvalue weighted by Crippen LogP contribution is 2.31. The first-order valence-corrected chi connectivity index (χ1v) is 7.57. The molecule has 0 bridgehead atoms. The first-order valence-electron chi connectivity index (χ1n) is 7.57. The predicted molar refractivity (Wildman–Crippen MR) is 93.6 cm³/mol. The minimum atomic E-state index is 0.865. The van der Waals surface area contributed by atoms with Gasteiger partial charge in [0, 0.05) is 10.9 Å². The van der Waals surface area contributed by atoms with E-state index in [-0.39, 0.29) is 0 Å². The van der Waals surface area contributed by atoms with Crippen molar-refractivity contribution < 1.29 is 9.15 Å². The average Bonchev–Trinajstić information content (AvgIpc) is 3.06. The molecule has 3 aromatic carbocycles. The molecule has 112 valence electrons. The molecule has 23 heavy (non-hydrogen) atoms. The molecular formula is C21H16O2. The van der Waals surface area contributed by atoms with Gasteiger partial charge in [-0.15, -0.1) is 0 Å². The number of hydrogen-bond donors (Lipinski definition) is 0. The van der Waals surface area contributed by atoms with E-state index in [1.807, 2.05) is 36.4 Å². The molecule has 0 saturated carbocycles. The molecule has 0 fully saturated rings. The van der Waals surface area contributed by atoms with Crippen molar-refractivity contribution in [1.82, 2.24) is 0 Å². The summed E-state index contributed by atoms with van der Waals surface area (Å²) in [4.78, 5) is 0. The van der Waals surface area contributed by atoms with E-state index in [0.29, 0.717) is 0 Å². The van der Waals surface area contributed by atoms with E-state index in [1.54, 1.807) is 7.11 Å². The van der Waals surface area contributed by atoms with Crippen LogP contribution in [-0.4, -0.2) is 7.11 Å². The zero-order chi connectivity index (χ0) is 15.6. The normalized spacial score (nSPS) is 10.8. The highest BCUT2D eigenvalue weighted by molar-refractivity contribution is 5.87. The monoisotopic (exact) mass is 300 g/mol. The van der Waals surface area contributed by atoms with Crippen molar-refractivity contribution in [2.24, 2.45) is 0 Å². The number of ether oxygens (including phenoxy) is 1. The van der Waals surface area contributed by atoms with Gasteiger partial charge < -0.3 is 9.15 Å². The molecule has 0 amide bonds. The van der Waals surface area contributed by atoms with Crippen LogP contribution >= 0.6 is 0 Å². The average molecular weight is 300 g/mol. The van der Waals surface area contributed by atoms with E-state index >= 15 is 0 Å². The van der Waals surface area contributed by atoms with Crippen molar-refractivity contribution >= 4 is 11.0 Å². The van der Waals surface area contributed by atoms with E-state index in [9.17, 15) is 0 Å². The lowest BCUT2D eigenvalue weighted by atomic mass is 10.0. The zero-order valence-corrected chi connectivity index (χ0v) is 12.8. The molecule has 0 spiro atoms. The third-order valence-corrected chi connectivity index (χ3v) is 4.00. The van der Waals surface area contributed by atoms with Gasteiger partial charge in [0.1, 0.15) is 17.1 Å². The van der Waals surface area contributed by atoms with Gasteiger partial charge in [-0.2, -0.15) is 0 Å². The standard InChI is InChI=1S/C21H16O2/c1-22-19-10-7-15(8-11-19)17-9-12-20-18(13-17)14-21(23-20)16-5-3-2-4-6-16/h2-14H,1H3. The lowest BCUT2D eigenvalue weighted by Crippen LogP contribution is -1.82. The van der Waals surface area contributed by atoms with Gasteiger partial charge in [-0.25, -0.2) is 0 Å². The Hall–Kier alpha value is -3.00. The Bertz CT molecular complexity index is 935. The highest BCUT2D eigenvalue weighted by Gasteiger charge is 2.07. The van der Waals surface area contributed by atoms with Gasteiger partial charge in [0.15, 0.2) is 0 Å². The smallest absolute Gasteiger partial charge is 0.135 e. The topological polar surface area (TPSA) is 22.4 Å². The van der Waals surface area contributed by atoms with Crippen molar-refractivity contribution in [2.45, 2.75) is 0 Å². The number of hydrogen-bond acceptors (Lipinski definition) is 2. The second kappa shape index (κ2) is 5.65. The highest BCUT2D eigenvalue weighted by atomic mass is 16.5. The van der Waals surface area contributed by atoms with Gasteiger partial charge in [-0.3, -0.25) is 0 Å². The molecule has 0 unspecified atom stereocenters. The van der Waals surface area contributed by atoms with E-state index in [0.717, 1.165) is 33.6 Å². The molecule has 0 atom stereocenters. The van der Waals surface area contributed by atoms with Gasteiger partial charge in [-0.1, -0.05) is 48.5 Å². The van der Waals surface area contributed by atoms with Crippen molar-refractivity contribution in [2.75, 3.05) is 7.11 Å². The maximum Gasteiger partial charge on any atom is 0.135 e. The van der Waals surface area contributed by atoms with Crippen LogP contribution in [0.5, 0.6) is 5.75 Å². The first kappa shape index (κ1) is 13.6. The SMILES string of the molecule is COc1ccc(-c2ccc3oc(-c4ccccc4)cc3c2)cc1. The van der Waals surface area contributed by atoms with Gasteiger partial charge in [-0.05, 0) is 41.5 Å². The fourth-order valence-corrected chi connectivity index (χ4v) is 2.75. The van der Waals surface area contributed by atoms with Crippen LogP contribution in [0.15, 0.2) is 83.3 Å². The Morgan fingerprint density at radius 3 is 2.17 bits per heavy atom. The summed E-state index contributed by atoms with van der Waals surface area (Å²) in [5, 5.41) is 1.11. The van der Waals surface area contributed by atoms with Crippen LogP contribution in [0.25, 0.3) is 33.4 Å². The lowest BCUT2D eigenvalue weighted by Gasteiger charge is -2.03. The summed E-state index contributed by atoms with van der Waals surface area (Å²) in [5.41, 5.74) is 4.33. The van der Waals surface area contributed by atoms with E-state index < -0.39 is 0 Å². The maximum atomic E-state index is 5.96. The second-order valence-corrected chi connectivity index (χ2v) is 5.46. The molecule has 2 nitrogen and oxygen atoms in total. The fraction of sp³-hybridized carbons (Fsp3) is 0.0476. The molecule has 0 radical (unpaired) electrons. The number of fused-ring (bicyclic) bond motifs is 1. The summed E-state index contributed by atoms with van der Waals surface area (Å²) in [6.07, 6.45) is 0. The van der Waals surface area contributed by atoms with Crippen LogP contribution in [0.3, 0.4) is 0 Å². The lowest BCUT2D eigenvalue weighted by molar-refractivity contribution is 0.415. The molecule has 4 rings (SSSR count). The second-order valence-electron chi connectivity index (χ2n) is 5.46. The number of methoxy groups -OCH3 is 1. The minimum Gasteiger partial charge on any atom is -0.497 e. The summed E-state index contributed by atoms with van der Waals surface area (Å²) in [5.74, 6) is 1.76. The number of benzene rings is 3. The van der Waals surface area contributed by atoms with E-state index in [4.69, 9.17) is 9.15 Å². The van der Waals surface area contributed by atoms with Crippen LogP contribution in [0.1, 0.15) is 0 Å². The van der Waals surface area contributed by atoms with Crippen molar-refractivity contribution in [3.05, 3.63) is 78.9 Å². The molecular weight excluding hydrogens is 284 g/mol. The molecule has 1 aromatic heterocycles. The van der Waals surface area contributed by atoms with Crippen molar-refractivity contribution in [3.8, 4) is 28.2 Å². The molecule has 0 aliphatic heterocycles. The molecule has 0 aliphatic rings. The Balaban J connectivity index is 1.75. The Kier molecular flexibility index (Phi) is 3.35. The molecule has 4 aromatic rings. The Labute approximate surface area is 135 Å². The third-order valence-electron chi connectivity index (χ3n) is 4.00. The van der Waals surface area contributed by atoms with Crippen molar-refractivity contribution in [1.29, 1.82) is 0 Å². The van der Waals surface area contributed by atoms with Gasteiger partial charge >= 0.3 is 0 Å². The summed E-state index contributed by atoms with van der Waals surface area (Å²) in [6.45, 7) is 0.